The van der Waals surface area contributed by atoms with Crippen molar-refractivity contribution in [2.75, 3.05) is 71.6 Å². The highest BCUT2D eigenvalue weighted by atomic mass is 16.3. The number of nitrogens with zero attached hydrogens (tertiary/aromatic N) is 2. The third kappa shape index (κ3) is 6.36. The Bertz CT molecular complexity index is 811. The Morgan fingerprint density at radius 1 is 0.688 bits per heavy atom. The summed E-state index contributed by atoms with van der Waals surface area (Å²) in [6.07, 6.45) is 8.37. The Kier molecular flexibility index (Phi) is 9.16. The van der Waals surface area contributed by atoms with Gasteiger partial charge in [0.15, 0.2) is 0 Å². The summed E-state index contributed by atoms with van der Waals surface area (Å²) in [5.41, 5.74) is 23.7. The van der Waals surface area contributed by atoms with Crippen LogP contribution in [0.4, 0.5) is 34.1 Å². The molecule has 0 unspecified atom stereocenters. The fourth-order valence-corrected chi connectivity index (χ4v) is 4.54. The van der Waals surface area contributed by atoms with E-state index >= 15 is 0 Å². The van der Waals surface area contributed by atoms with Crippen LogP contribution in [0.1, 0.15) is 44.9 Å². The maximum atomic E-state index is 8.84. The van der Waals surface area contributed by atoms with Crippen molar-refractivity contribution in [1.82, 2.24) is 0 Å². The van der Waals surface area contributed by atoms with E-state index in [4.69, 9.17) is 22.3 Å². The molecule has 2 heterocycles. The van der Waals surface area contributed by atoms with E-state index in [-0.39, 0.29) is 6.61 Å². The number of nitrogens with two attached hydrogens (primary N) is 3. The predicted octanol–water partition coefficient (Wildman–Crippen LogP) is 3.89. The first-order valence-electron chi connectivity index (χ1n) is 12.0. The molecule has 0 aromatic heterocycles. The van der Waals surface area contributed by atoms with Crippen molar-refractivity contribution in [3.63, 3.8) is 0 Å². The Hall–Kier alpha value is -2.80. The van der Waals surface area contributed by atoms with E-state index in [1.54, 1.807) is 0 Å². The molecule has 7 heteroatoms. The van der Waals surface area contributed by atoms with Crippen LogP contribution in [0.15, 0.2) is 36.4 Å². The maximum Gasteiger partial charge on any atom is 0.0835 e. The van der Waals surface area contributed by atoms with E-state index in [0.717, 1.165) is 73.3 Å². The number of aliphatic hydroxyl groups excluding tert-OH is 1. The van der Waals surface area contributed by atoms with Gasteiger partial charge in [-0.25, -0.2) is 0 Å². The third-order valence-electron chi connectivity index (χ3n) is 6.16. The van der Waals surface area contributed by atoms with Crippen molar-refractivity contribution in [3.05, 3.63) is 36.4 Å². The van der Waals surface area contributed by atoms with Crippen LogP contribution in [0.2, 0.25) is 0 Å². The lowest BCUT2D eigenvalue weighted by Gasteiger charge is -2.31. The molecule has 0 saturated carbocycles. The Morgan fingerprint density at radius 2 is 1.16 bits per heavy atom. The SMILES string of the molecule is Nc1cccc(N)c1N1CCCCC1.Nc1cccc(NCCCO)c1N1CCCCC1. The summed E-state index contributed by atoms with van der Waals surface area (Å²) in [5, 5.41) is 12.2. The van der Waals surface area contributed by atoms with Gasteiger partial charge in [0.05, 0.1) is 34.1 Å². The number of para-hydroxylation sites is 2. The number of aliphatic hydroxyl groups is 1. The zero-order valence-electron chi connectivity index (χ0n) is 19.2. The lowest BCUT2D eigenvalue weighted by atomic mass is 10.1. The lowest BCUT2D eigenvalue weighted by molar-refractivity contribution is 0.292. The van der Waals surface area contributed by atoms with Crippen molar-refractivity contribution < 1.29 is 5.11 Å². The van der Waals surface area contributed by atoms with Crippen molar-refractivity contribution in [2.45, 2.75) is 44.9 Å². The molecule has 0 amide bonds. The fraction of sp³-hybridized carbons (Fsp3) is 0.520. The van der Waals surface area contributed by atoms with Gasteiger partial charge in [-0.3, -0.25) is 0 Å². The van der Waals surface area contributed by atoms with Crippen LogP contribution in [0, 0.1) is 0 Å². The molecule has 2 saturated heterocycles. The minimum atomic E-state index is 0.217. The van der Waals surface area contributed by atoms with Gasteiger partial charge in [-0.1, -0.05) is 12.1 Å². The summed E-state index contributed by atoms with van der Waals surface area (Å²) >= 11 is 0. The molecular formula is C25H40N6O. The van der Waals surface area contributed by atoms with E-state index < -0.39 is 0 Å². The van der Waals surface area contributed by atoms with Gasteiger partial charge in [0.1, 0.15) is 0 Å². The minimum Gasteiger partial charge on any atom is -0.397 e. The van der Waals surface area contributed by atoms with E-state index in [2.05, 4.69) is 21.2 Å². The highest BCUT2D eigenvalue weighted by Crippen LogP contribution is 2.34. The molecule has 0 radical (unpaired) electrons. The summed E-state index contributed by atoms with van der Waals surface area (Å²) < 4.78 is 0. The average molecular weight is 441 g/mol. The number of hydrogen-bond donors (Lipinski definition) is 5. The van der Waals surface area contributed by atoms with Crippen LogP contribution in [0.25, 0.3) is 0 Å². The molecule has 0 spiro atoms. The first-order chi connectivity index (χ1) is 15.6. The Balaban J connectivity index is 0.000000186. The standard InChI is InChI=1S/C14H23N3O.C11H17N3/c15-12-6-4-7-13(16-8-5-11-18)14(12)17-9-2-1-3-10-17;12-9-5-4-6-10(13)11(9)14-7-2-1-3-8-14/h4,6-7,16,18H,1-3,5,8-11,15H2;4-6H,1-3,7-8,12-13H2. The van der Waals surface area contributed by atoms with Gasteiger partial charge in [0, 0.05) is 39.3 Å². The van der Waals surface area contributed by atoms with Gasteiger partial charge in [0.2, 0.25) is 0 Å². The molecule has 4 rings (SSSR count). The Labute approximate surface area is 192 Å². The second-order valence-corrected chi connectivity index (χ2v) is 8.63. The summed E-state index contributed by atoms with van der Waals surface area (Å²) in [5.74, 6) is 0. The summed E-state index contributed by atoms with van der Waals surface area (Å²) in [4.78, 5) is 4.67. The number of rotatable bonds is 6. The number of nitrogens with one attached hydrogen (secondary N) is 1. The number of piperidine rings is 2. The van der Waals surface area contributed by atoms with Crippen LogP contribution in [0.3, 0.4) is 0 Å². The maximum absolute atomic E-state index is 8.84. The third-order valence-corrected chi connectivity index (χ3v) is 6.16. The van der Waals surface area contributed by atoms with E-state index in [0.29, 0.717) is 0 Å². The second-order valence-electron chi connectivity index (χ2n) is 8.63. The highest BCUT2D eigenvalue weighted by Gasteiger charge is 2.17. The summed E-state index contributed by atoms with van der Waals surface area (Å²) in [7, 11) is 0. The van der Waals surface area contributed by atoms with Crippen LogP contribution in [-0.4, -0.2) is 44.4 Å². The Morgan fingerprint density at radius 3 is 1.69 bits per heavy atom. The molecule has 2 aliphatic rings. The predicted molar refractivity (Wildman–Crippen MR) is 138 cm³/mol. The monoisotopic (exact) mass is 440 g/mol. The molecular weight excluding hydrogens is 400 g/mol. The molecule has 2 aromatic carbocycles. The first-order valence-corrected chi connectivity index (χ1v) is 12.0. The topological polar surface area (TPSA) is 117 Å². The van der Waals surface area contributed by atoms with E-state index in [1.807, 2.05) is 30.3 Å². The van der Waals surface area contributed by atoms with Crippen molar-refractivity contribution in [3.8, 4) is 0 Å². The summed E-state index contributed by atoms with van der Waals surface area (Å²) in [6.45, 7) is 5.33. The van der Waals surface area contributed by atoms with Gasteiger partial charge in [0.25, 0.3) is 0 Å². The highest BCUT2D eigenvalue weighted by molar-refractivity contribution is 5.82. The van der Waals surface area contributed by atoms with Crippen molar-refractivity contribution >= 4 is 34.1 Å². The van der Waals surface area contributed by atoms with Gasteiger partial charge in [-0.05, 0) is 69.2 Å². The van der Waals surface area contributed by atoms with Gasteiger partial charge >= 0.3 is 0 Å². The fourth-order valence-electron chi connectivity index (χ4n) is 4.54. The van der Waals surface area contributed by atoms with Gasteiger partial charge in [-0.15, -0.1) is 0 Å². The molecule has 8 N–H and O–H groups in total. The van der Waals surface area contributed by atoms with Gasteiger partial charge < -0.3 is 37.4 Å². The average Bonchev–Trinajstić information content (AvgIpc) is 2.81. The van der Waals surface area contributed by atoms with Crippen molar-refractivity contribution in [1.29, 1.82) is 0 Å². The minimum absolute atomic E-state index is 0.217. The van der Waals surface area contributed by atoms with Crippen LogP contribution < -0.4 is 32.3 Å². The number of benzene rings is 2. The molecule has 2 aliphatic heterocycles. The largest absolute Gasteiger partial charge is 0.397 e. The molecule has 0 aliphatic carbocycles. The zero-order valence-corrected chi connectivity index (χ0v) is 19.2. The van der Waals surface area contributed by atoms with Crippen LogP contribution in [0.5, 0.6) is 0 Å². The number of anilines is 6. The molecule has 2 aromatic rings. The first kappa shape index (κ1) is 23.9. The second kappa shape index (κ2) is 12.3. The smallest absolute Gasteiger partial charge is 0.0835 e. The molecule has 0 atom stereocenters. The van der Waals surface area contributed by atoms with Crippen LogP contribution in [-0.2, 0) is 0 Å². The van der Waals surface area contributed by atoms with Gasteiger partial charge in [-0.2, -0.15) is 0 Å². The van der Waals surface area contributed by atoms with E-state index in [1.165, 1.54) is 38.5 Å². The molecule has 2 fully saturated rings. The van der Waals surface area contributed by atoms with E-state index in [9.17, 15) is 0 Å². The zero-order chi connectivity index (χ0) is 22.8. The van der Waals surface area contributed by atoms with Crippen LogP contribution >= 0.6 is 0 Å². The lowest BCUT2D eigenvalue weighted by Crippen LogP contribution is -2.30. The normalized spacial score (nSPS) is 16.3. The molecule has 32 heavy (non-hydrogen) atoms. The summed E-state index contributed by atoms with van der Waals surface area (Å²) in [6, 6.07) is 11.7. The molecule has 7 nitrogen and oxygen atoms in total. The molecule has 176 valence electrons. The number of hydrogen-bond acceptors (Lipinski definition) is 7. The number of nitrogen functional groups attached to an aromatic ring is 3. The quantitative estimate of drug-likeness (QED) is 0.342. The van der Waals surface area contributed by atoms with Crippen molar-refractivity contribution in [2.24, 2.45) is 0 Å². The molecule has 0 bridgehead atoms.